The van der Waals surface area contributed by atoms with Crippen LogP contribution in [-0.2, 0) is 6.42 Å². The van der Waals surface area contributed by atoms with Crippen LogP contribution in [0, 0.1) is 0 Å². The Bertz CT molecular complexity index is 433. The van der Waals surface area contributed by atoms with Crippen LogP contribution in [0.4, 0.5) is 5.82 Å². The van der Waals surface area contributed by atoms with E-state index < -0.39 is 0 Å². The molecule has 0 unspecified atom stereocenters. The largest absolute Gasteiger partial charge is 0.384 e. The summed E-state index contributed by atoms with van der Waals surface area (Å²) in [5, 5.41) is 0. The number of imidazole rings is 1. The number of hydrogen-bond acceptors (Lipinski definition) is 3. The Morgan fingerprint density at radius 3 is 2.93 bits per heavy atom. The van der Waals surface area contributed by atoms with Gasteiger partial charge in [-0.25, -0.2) is 9.97 Å². The molecule has 0 spiro atoms. The molecule has 2 aromatic heterocycles. The Labute approximate surface area is 82.4 Å². The molecular weight excluding hydrogens is 176 g/mol. The molecule has 4 heteroatoms. The van der Waals surface area contributed by atoms with Crippen LogP contribution in [0.5, 0.6) is 0 Å². The minimum absolute atomic E-state index is 0.522. The van der Waals surface area contributed by atoms with Crippen molar-refractivity contribution < 1.29 is 0 Å². The lowest BCUT2D eigenvalue weighted by atomic mass is 10.4. The number of aromatic nitrogens is 3. The number of aryl methyl sites for hydroxylation is 1. The van der Waals surface area contributed by atoms with Crippen molar-refractivity contribution in [1.29, 1.82) is 0 Å². The van der Waals surface area contributed by atoms with Crippen molar-refractivity contribution in [2.24, 2.45) is 0 Å². The zero-order valence-electron chi connectivity index (χ0n) is 8.01. The topological polar surface area (TPSA) is 56.7 Å². The van der Waals surface area contributed by atoms with Gasteiger partial charge in [-0.2, -0.15) is 0 Å². The van der Waals surface area contributed by atoms with Crippen molar-refractivity contribution in [3.05, 3.63) is 36.4 Å². The Morgan fingerprint density at radius 1 is 1.43 bits per heavy atom. The molecule has 72 valence electrons. The molecule has 0 saturated carbocycles. The summed E-state index contributed by atoms with van der Waals surface area (Å²) in [6.07, 6.45) is 4.64. The summed E-state index contributed by atoms with van der Waals surface area (Å²) < 4.78 is 1.87. The Morgan fingerprint density at radius 2 is 2.29 bits per heavy atom. The fourth-order valence-corrected chi connectivity index (χ4v) is 1.25. The highest BCUT2D eigenvalue weighted by atomic mass is 15.1. The zero-order chi connectivity index (χ0) is 9.97. The first-order valence-electron chi connectivity index (χ1n) is 4.55. The molecule has 0 aliphatic carbocycles. The summed E-state index contributed by atoms with van der Waals surface area (Å²) in [6.45, 7) is 2.07. The average Bonchev–Trinajstić information content (AvgIpc) is 2.66. The molecule has 14 heavy (non-hydrogen) atoms. The van der Waals surface area contributed by atoms with Crippen LogP contribution in [0.3, 0.4) is 0 Å². The molecular formula is C10H12N4. The van der Waals surface area contributed by atoms with Gasteiger partial charge in [0.15, 0.2) is 0 Å². The van der Waals surface area contributed by atoms with E-state index in [-0.39, 0.29) is 0 Å². The van der Waals surface area contributed by atoms with Gasteiger partial charge in [-0.05, 0) is 18.6 Å². The fraction of sp³-hybridized carbons (Fsp3) is 0.200. The zero-order valence-corrected chi connectivity index (χ0v) is 8.01. The van der Waals surface area contributed by atoms with E-state index in [1.807, 2.05) is 22.9 Å². The van der Waals surface area contributed by atoms with Crippen molar-refractivity contribution in [2.45, 2.75) is 13.3 Å². The number of hydrogen-bond donors (Lipinski definition) is 1. The van der Waals surface area contributed by atoms with Gasteiger partial charge < -0.3 is 5.73 Å². The summed E-state index contributed by atoms with van der Waals surface area (Å²) in [7, 11) is 0. The third kappa shape index (κ3) is 1.59. The quantitative estimate of drug-likeness (QED) is 0.775. The minimum atomic E-state index is 0.522. The minimum Gasteiger partial charge on any atom is -0.384 e. The van der Waals surface area contributed by atoms with Crippen molar-refractivity contribution in [3.63, 3.8) is 0 Å². The van der Waals surface area contributed by atoms with Crippen LogP contribution < -0.4 is 5.73 Å². The molecule has 0 aromatic carbocycles. The Kier molecular flexibility index (Phi) is 2.18. The lowest BCUT2D eigenvalue weighted by Gasteiger charge is -2.00. The van der Waals surface area contributed by atoms with Gasteiger partial charge in [-0.1, -0.05) is 13.0 Å². The van der Waals surface area contributed by atoms with Gasteiger partial charge in [0.1, 0.15) is 18.0 Å². The van der Waals surface area contributed by atoms with Crippen molar-refractivity contribution >= 4 is 5.82 Å². The molecule has 4 nitrogen and oxygen atoms in total. The second-order valence-electron chi connectivity index (χ2n) is 3.05. The first-order valence-corrected chi connectivity index (χ1v) is 4.55. The van der Waals surface area contributed by atoms with Gasteiger partial charge in [0.05, 0.1) is 5.69 Å². The second-order valence-corrected chi connectivity index (χ2v) is 3.05. The van der Waals surface area contributed by atoms with E-state index in [2.05, 4.69) is 16.9 Å². The second kappa shape index (κ2) is 3.49. The highest BCUT2D eigenvalue weighted by Gasteiger charge is 1.99. The van der Waals surface area contributed by atoms with Gasteiger partial charge in [-0.3, -0.25) is 4.57 Å². The highest BCUT2D eigenvalue weighted by Crippen LogP contribution is 2.07. The molecule has 0 saturated heterocycles. The molecule has 0 bridgehead atoms. The summed E-state index contributed by atoms with van der Waals surface area (Å²) in [5.74, 6) is 1.33. The number of anilines is 1. The van der Waals surface area contributed by atoms with E-state index >= 15 is 0 Å². The summed E-state index contributed by atoms with van der Waals surface area (Å²) in [6, 6.07) is 5.54. The Balaban J connectivity index is 2.39. The molecule has 0 aliphatic rings. The molecule has 0 radical (unpaired) electrons. The average molecular weight is 188 g/mol. The van der Waals surface area contributed by atoms with E-state index in [0.717, 1.165) is 17.9 Å². The Hall–Kier alpha value is -1.84. The van der Waals surface area contributed by atoms with Crippen LogP contribution in [-0.4, -0.2) is 14.5 Å². The predicted molar refractivity (Wildman–Crippen MR) is 55.1 cm³/mol. The molecule has 0 atom stereocenters. The van der Waals surface area contributed by atoms with Crippen molar-refractivity contribution in [2.75, 3.05) is 5.73 Å². The lowest BCUT2D eigenvalue weighted by Crippen LogP contribution is -1.97. The smallest absolute Gasteiger partial charge is 0.140 e. The van der Waals surface area contributed by atoms with Crippen LogP contribution in [0.15, 0.2) is 30.7 Å². The summed E-state index contributed by atoms with van der Waals surface area (Å²) in [4.78, 5) is 8.41. The van der Waals surface area contributed by atoms with Crippen LogP contribution in [0.25, 0.3) is 5.82 Å². The summed E-state index contributed by atoms with van der Waals surface area (Å²) in [5.41, 5.74) is 6.64. The van der Waals surface area contributed by atoms with E-state index in [4.69, 9.17) is 5.73 Å². The van der Waals surface area contributed by atoms with E-state index in [1.54, 1.807) is 12.4 Å². The maximum atomic E-state index is 5.59. The van der Waals surface area contributed by atoms with Gasteiger partial charge in [0, 0.05) is 6.20 Å². The predicted octanol–water partition coefficient (Wildman–Crippen LogP) is 1.41. The van der Waals surface area contributed by atoms with E-state index in [1.165, 1.54) is 0 Å². The van der Waals surface area contributed by atoms with Crippen LogP contribution in [0.2, 0.25) is 0 Å². The molecule has 2 heterocycles. The molecule has 0 fully saturated rings. The maximum Gasteiger partial charge on any atom is 0.140 e. The first kappa shape index (κ1) is 8.74. The van der Waals surface area contributed by atoms with Crippen molar-refractivity contribution in [3.8, 4) is 5.82 Å². The lowest BCUT2D eigenvalue weighted by molar-refractivity contribution is 0.996. The third-order valence-corrected chi connectivity index (χ3v) is 2.02. The maximum absolute atomic E-state index is 5.59. The van der Waals surface area contributed by atoms with E-state index in [9.17, 15) is 0 Å². The standard InChI is InChI=1S/C10H12N4/c1-2-8-6-14(7-12-8)10-5-3-4-9(11)13-10/h3-7H,2H2,1H3,(H2,11,13). The first-order chi connectivity index (χ1) is 6.79. The third-order valence-electron chi connectivity index (χ3n) is 2.02. The normalized spacial score (nSPS) is 10.4. The van der Waals surface area contributed by atoms with Crippen LogP contribution in [0.1, 0.15) is 12.6 Å². The number of pyridine rings is 1. The van der Waals surface area contributed by atoms with Gasteiger partial charge >= 0.3 is 0 Å². The number of rotatable bonds is 2. The van der Waals surface area contributed by atoms with E-state index in [0.29, 0.717) is 5.82 Å². The number of nitrogen functional groups attached to an aromatic ring is 1. The number of nitrogens with zero attached hydrogens (tertiary/aromatic N) is 3. The molecule has 0 amide bonds. The summed E-state index contributed by atoms with van der Waals surface area (Å²) >= 11 is 0. The van der Waals surface area contributed by atoms with Gasteiger partial charge in [0.25, 0.3) is 0 Å². The molecule has 2 N–H and O–H groups in total. The van der Waals surface area contributed by atoms with Crippen molar-refractivity contribution in [1.82, 2.24) is 14.5 Å². The SMILES string of the molecule is CCc1cn(-c2cccc(N)n2)cn1. The van der Waals surface area contributed by atoms with Gasteiger partial charge in [-0.15, -0.1) is 0 Å². The van der Waals surface area contributed by atoms with Gasteiger partial charge in [0.2, 0.25) is 0 Å². The number of nitrogens with two attached hydrogens (primary N) is 1. The monoisotopic (exact) mass is 188 g/mol. The highest BCUT2D eigenvalue weighted by molar-refractivity contribution is 5.35. The fourth-order valence-electron chi connectivity index (χ4n) is 1.25. The molecule has 2 aromatic rings. The molecule has 0 aliphatic heterocycles. The van der Waals surface area contributed by atoms with Crippen LogP contribution >= 0.6 is 0 Å². The molecule has 2 rings (SSSR count).